The lowest BCUT2D eigenvalue weighted by Crippen LogP contribution is -2.07. The Morgan fingerprint density at radius 1 is 1.25 bits per heavy atom. The summed E-state index contributed by atoms with van der Waals surface area (Å²) in [5, 5.41) is 1.12. The Morgan fingerprint density at radius 3 is 2.92 bits per heavy atom. The number of hydrogen-bond donors (Lipinski definition) is 3. The van der Waals surface area contributed by atoms with Crippen molar-refractivity contribution in [3.05, 3.63) is 30.5 Å². The minimum absolute atomic E-state index is 0.945. The van der Waals surface area contributed by atoms with Gasteiger partial charge in [0.15, 0.2) is 0 Å². The Labute approximate surface area is 74.8 Å². The van der Waals surface area contributed by atoms with Crippen molar-refractivity contribution >= 4 is 28.4 Å². The van der Waals surface area contributed by atoms with Gasteiger partial charge in [-0.1, -0.05) is 18.2 Å². The minimum Gasteiger partial charge on any atom is -0.359 e. The van der Waals surface area contributed by atoms with E-state index in [0.29, 0.717) is 0 Å². The predicted molar refractivity (Wildman–Crippen MR) is 50.9 cm³/mol. The van der Waals surface area contributed by atoms with Crippen molar-refractivity contribution < 1.29 is 0 Å². The van der Waals surface area contributed by atoms with Crippen molar-refractivity contribution in [2.75, 3.05) is 5.43 Å². The Hall–Kier alpha value is -1.19. The molecule has 12 heavy (non-hydrogen) atoms. The number of fused-ring (bicyclic) bond motifs is 1. The fraction of sp³-hybridized carbons (Fsp3) is 0. The maximum Gasteiger partial charge on any atom is 0.0753 e. The van der Waals surface area contributed by atoms with Gasteiger partial charge < -0.3 is 10.4 Å². The van der Waals surface area contributed by atoms with Crippen LogP contribution in [0, 0.1) is 0 Å². The van der Waals surface area contributed by atoms with E-state index in [4.69, 9.17) is 11.8 Å². The summed E-state index contributed by atoms with van der Waals surface area (Å²) in [7, 11) is 0. The first-order valence-corrected chi connectivity index (χ1v) is 3.97. The Morgan fingerprint density at radius 2 is 2.08 bits per heavy atom. The molecule has 0 aliphatic heterocycles. The van der Waals surface area contributed by atoms with Gasteiger partial charge in [0, 0.05) is 17.1 Å². The van der Waals surface area contributed by atoms with E-state index in [-0.39, 0.29) is 0 Å². The number of aromatic nitrogens is 1. The fourth-order valence-electron chi connectivity index (χ4n) is 1.23. The molecule has 0 aliphatic carbocycles. The highest BCUT2D eigenvalue weighted by Gasteiger charge is 1.99. The van der Waals surface area contributed by atoms with Gasteiger partial charge in [-0.25, -0.2) is 0 Å². The summed E-state index contributed by atoms with van der Waals surface area (Å²) in [4.78, 5) is 5.48. The van der Waals surface area contributed by atoms with Crippen molar-refractivity contribution in [3.63, 3.8) is 0 Å². The molecular weight excluding hydrogens is 174 g/mol. The Kier molecular flexibility index (Phi) is 1.89. The number of hydrogen-bond acceptors (Lipinski definition) is 2. The van der Waals surface area contributed by atoms with Crippen LogP contribution in [0.4, 0.5) is 5.69 Å². The summed E-state index contributed by atoms with van der Waals surface area (Å²) >= 11 is 5.32. The molecule has 62 valence electrons. The number of benzene rings is 1. The summed E-state index contributed by atoms with van der Waals surface area (Å²) in [6, 6.07) is 7.99. The van der Waals surface area contributed by atoms with E-state index in [1.165, 1.54) is 0 Å². The van der Waals surface area contributed by atoms with Crippen LogP contribution >= 0.6 is 11.8 Å². The second kappa shape index (κ2) is 3.05. The minimum atomic E-state index is 0.945. The van der Waals surface area contributed by atoms with Gasteiger partial charge in [-0.2, -0.15) is 0 Å². The highest BCUT2D eigenvalue weighted by Crippen LogP contribution is 2.21. The van der Waals surface area contributed by atoms with Gasteiger partial charge in [0.05, 0.1) is 5.69 Å². The molecule has 1 aromatic heterocycles. The number of rotatable bonds is 2. The van der Waals surface area contributed by atoms with Crippen LogP contribution in [0.5, 0.6) is 0 Å². The number of H-pyrrole nitrogens is 1. The average Bonchev–Trinajstić information content (AvgIpc) is 2.50. The SMILES string of the molecule is ClNNc1c[nH]c2ccccc12. The molecule has 0 spiro atoms. The molecule has 0 radical (unpaired) electrons. The molecule has 2 aromatic rings. The van der Waals surface area contributed by atoms with Crippen molar-refractivity contribution in [1.82, 2.24) is 9.93 Å². The maximum absolute atomic E-state index is 5.32. The smallest absolute Gasteiger partial charge is 0.0753 e. The van der Waals surface area contributed by atoms with E-state index < -0.39 is 0 Å². The van der Waals surface area contributed by atoms with E-state index >= 15 is 0 Å². The summed E-state index contributed by atoms with van der Waals surface area (Å²) in [6.07, 6.45) is 1.86. The summed E-state index contributed by atoms with van der Waals surface area (Å²) in [5.41, 5.74) is 4.85. The molecule has 0 bridgehead atoms. The third-order valence-electron chi connectivity index (χ3n) is 1.77. The molecule has 1 heterocycles. The van der Waals surface area contributed by atoms with Crippen LogP contribution in [0.15, 0.2) is 30.5 Å². The second-order valence-corrected chi connectivity index (χ2v) is 2.66. The van der Waals surface area contributed by atoms with Crippen LogP contribution in [-0.2, 0) is 0 Å². The zero-order chi connectivity index (χ0) is 8.39. The first kappa shape index (κ1) is 7.46. The molecule has 0 atom stereocenters. The third kappa shape index (κ3) is 1.13. The molecule has 1 aromatic carbocycles. The van der Waals surface area contributed by atoms with Crippen LogP contribution in [-0.4, -0.2) is 4.98 Å². The molecule has 0 unspecified atom stereocenters. The molecule has 3 nitrogen and oxygen atoms in total. The normalized spacial score (nSPS) is 10.4. The van der Waals surface area contributed by atoms with Crippen molar-refractivity contribution in [3.8, 4) is 0 Å². The third-order valence-corrected chi connectivity index (χ3v) is 1.87. The summed E-state index contributed by atoms with van der Waals surface area (Å²) in [6.45, 7) is 0. The number of aromatic amines is 1. The van der Waals surface area contributed by atoms with Crippen LogP contribution in [0.3, 0.4) is 0 Å². The van der Waals surface area contributed by atoms with Gasteiger partial charge in [-0.15, -0.1) is 4.94 Å². The Balaban J connectivity index is 2.55. The Bertz CT molecular complexity index is 382. The highest BCUT2D eigenvalue weighted by atomic mass is 35.5. The largest absolute Gasteiger partial charge is 0.359 e. The zero-order valence-corrected chi connectivity index (χ0v) is 7.02. The van der Waals surface area contributed by atoms with Gasteiger partial charge in [-0.3, -0.25) is 0 Å². The van der Waals surface area contributed by atoms with Crippen molar-refractivity contribution in [1.29, 1.82) is 0 Å². The summed E-state index contributed by atoms with van der Waals surface area (Å²) < 4.78 is 0. The topological polar surface area (TPSA) is 39.8 Å². The number of halogens is 1. The van der Waals surface area contributed by atoms with Gasteiger partial charge in [0.1, 0.15) is 0 Å². The quantitative estimate of drug-likeness (QED) is 0.491. The molecule has 2 rings (SSSR count). The van der Waals surface area contributed by atoms with Gasteiger partial charge >= 0.3 is 0 Å². The predicted octanol–water partition coefficient (Wildman–Crippen LogP) is 2.24. The molecular formula is C8H8ClN3. The molecule has 0 amide bonds. The summed E-state index contributed by atoms with van der Waals surface area (Å²) in [5.74, 6) is 0. The zero-order valence-electron chi connectivity index (χ0n) is 6.26. The van der Waals surface area contributed by atoms with Gasteiger partial charge in [0.25, 0.3) is 0 Å². The number of para-hydroxylation sites is 1. The van der Waals surface area contributed by atoms with E-state index in [9.17, 15) is 0 Å². The van der Waals surface area contributed by atoms with E-state index in [0.717, 1.165) is 16.6 Å². The van der Waals surface area contributed by atoms with Gasteiger partial charge in [0.2, 0.25) is 0 Å². The van der Waals surface area contributed by atoms with E-state index in [2.05, 4.69) is 15.4 Å². The standard InChI is InChI=1S/C8H8ClN3/c9-12-11-8-5-10-7-4-2-1-3-6(7)8/h1-5,10-12H. The lowest BCUT2D eigenvalue weighted by atomic mass is 10.2. The molecule has 4 heteroatoms. The van der Waals surface area contributed by atoms with Crippen LogP contribution in [0.2, 0.25) is 0 Å². The first-order valence-electron chi connectivity index (χ1n) is 3.59. The lowest BCUT2D eigenvalue weighted by molar-refractivity contribution is 1.21. The number of hydrazine groups is 1. The second-order valence-electron chi connectivity index (χ2n) is 2.47. The molecule has 0 saturated carbocycles. The van der Waals surface area contributed by atoms with E-state index in [1.54, 1.807) is 0 Å². The van der Waals surface area contributed by atoms with E-state index in [1.807, 2.05) is 30.5 Å². The van der Waals surface area contributed by atoms with Crippen molar-refractivity contribution in [2.45, 2.75) is 0 Å². The molecule has 0 fully saturated rings. The maximum atomic E-state index is 5.32. The van der Waals surface area contributed by atoms with Gasteiger partial charge in [-0.05, 0) is 17.8 Å². The molecule has 0 aliphatic rings. The monoisotopic (exact) mass is 181 g/mol. The molecule has 0 saturated heterocycles. The van der Waals surface area contributed by atoms with Crippen LogP contribution in [0.25, 0.3) is 10.9 Å². The number of anilines is 1. The van der Waals surface area contributed by atoms with Crippen LogP contribution < -0.4 is 10.4 Å². The average molecular weight is 182 g/mol. The fourth-order valence-corrected chi connectivity index (χ4v) is 1.33. The lowest BCUT2D eigenvalue weighted by Gasteiger charge is -1.97. The first-order chi connectivity index (χ1) is 5.92. The van der Waals surface area contributed by atoms with Crippen molar-refractivity contribution in [2.24, 2.45) is 0 Å². The number of nitrogens with one attached hydrogen (secondary N) is 3. The molecule has 3 N–H and O–H groups in total. The van der Waals surface area contributed by atoms with Crippen LogP contribution in [0.1, 0.15) is 0 Å². The highest BCUT2D eigenvalue weighted by molar-refractivity contribution is 6.14.